The fourth-order valence-electron chi connectivity index (χ4n) is 0.808. The number of nitrogens with zero attached hydrogens (tertiary/aromatic N) is 2. The number of nitro groups is 1. The normalized spacial score (nSPS) is 9.91. The molecule has 0 aromatic carbocycles. The molecule has 0 aliphatic carbocycles. The van der Waals surface area contributed by atoms with Gasteiger partial charge in [-0.15, -0.1) is 0 Å². The molecule has 0 spiro atoms. The van der Waals surface area contributed by atoms with Crippen LogP contribution in [0.5, 0.6) is 0 Å². The molecule has 0 bridgehead atoms. The fraction of sp³-hybridized carbons (Fsp3) is 0.500. The van der Waals surface area contributed by atoms with E-state index in [1.807, 2.05) is 13.0 Å². The van der Waals surface area contributed by atoms with Gasteiger partial charge in [-0.05, 0) is 13.0 Å². The van der Waals surface area contributed by atoms with E-state index in [0.717, 1.165) is 11.4 Å². The zero-order valence-corrected chi connectivity index (χ0v) is 6.20. The van der Waals surface area contributed by atoms with Crippen molar-refractivity contribution < 1.29 is 4.92 Å². The Hall–Kier alpha value is -1.39. The first kappa shape index (κ1) is 7.71. The maximum Gasteiger partial charge on any atom is 0.209 e. The Bertz CT molecular complexity index is 256. The first-order chi connectivity index (χ1) is 5.18. The van der Waals surface area contributed by atoms with Crippen LogP contribution in [0.25, 0.3) is 0 Å². The smallest absolute Gasteiger partial charge is 0.209 e. The van der Waals surface area contributed by atoms with Gasteiger partial charge in [-0.25, -0.2) is 0 Å². The van der Waals surface area contributed by atoms with Crippen LogP contribution in [0.15, 0.2) is 6.07 Å². The molecular weight excluding hydrogens is 146 g/mol. The third-order valence-corrected chi connectivity index (χ3v) is 1.31. The van der Waals surface area contributed by atoms with Crippen molar-refractivity contribution in [3.63, 3.8) is 0 Å². The van der Waals surface area contributed by atoms with E-state index in [4.69, 9.17) is 0 Å². The van der Waals surface area contributed by atoms with Crippen LogP contribution in [0.3, 0.4) is 0 Å². The summed E-state index contributed by atoms with van der Waals surface area (Å²) in [5.74, 6) is 0. The van der Waals surface area contributed by atoms with Crippen molar-refractivity contribution in [1.29, 1.82) is 0 Å². The number of H-pyrrole nitrogens is 1. The second kappa shape index (κ2) is 3.14. The number of hydrogen-bond donors (Lipinski definition) is 1. The topological polar surface area (TPSA) is 71.8 Å². The van der Waals surface area contributed by atoms with Crippen LogP contribution < -0.4 is 0 Å². The third kappa shape index (κ3) is 2.37. The summed E-state index contributed by atoms with van der Waals surface area (Å²) in [5, 5.41) is 16.5. The van der Waals surface area contributed by atoms with Crippen LogP contribution in [-0.4, -0.2) is 21.7 Å². The monoisotopic (exact) mass is 155 g/mol. The first-order valence-electron chi connectivity index (χ1n) is 3.31. The van der Waals surface area contributed by atoms with E-state index in [1.54, 1.807) is 0 Å². The summed E-state index contributed by atoms with van der Waals surface area (Å²) in [6, 6.07) is 1.81. The Morgan fingerprint density at radius 3 is 3.00 bits per heavy atom. The molecule has 1 N–H and O–H groups in total. The van der Waals surface area contributed by atoms with E-state index >= 15 is 0 Å². The van der Waals surface area contributed by atoms with E-state index in [9.17, 15) is 10.1 Å². The van der Waals surface area contributed by atoms with Crippen molar-refractivity contribution in [2.24, 2.45) is 0 Å². The zero-order valence-electron chi connectivity index (χ0n) is 6.20. The number of aromatic nitrogens is 2. The molecule has 1 rings (SSSR count). The Balaban J connectivity index is 2.45. The summed E-state index contributed by atoms with van der Waals surface area (Å²) in [4.78, 5) is 9.60. The number of nitrogens with one attached hydrogen (secondary N) is 1. The number of aromatic amines is 1. The van der Waals surface area contributed by atoms with Crippen molar-refractivity contribution in [1.82, 2.24) is 10.2 Å². The molecule has 0 amide bonds. The highest BCUT2D eigenvalue weighted by atomic mass is 16.6. The molecule has 0 radical (unpaired) electrons. The van der Waals surface area contributed by atoms with Gasteiger partial charge in [0, 0.05) is 10.6 Å². The average molecular weight is 155 g/mol. The maximum atomic E-state index is 9.95. The van der Waals surface area contributed by atoms with Gasteiger partial charge in [-0.3, -0.25) is 15.2 Å². The largest absolute Gasteiger partial charge is 0.283 e. The molecule has 1 aromatic rings. The van der Waals surface area contributed by atoms with Crippen molar-refractivity contribution in [3.05, 3.63) is 27.6 Å². The van der Waals surface area contributed by atoms with Gasteiger partial charge in [0.1, 0.15) is 0 Å². The van der Waals surface area contributed by atoms with Gasteiger partial charge in [0.05, 0.1) is 12.1 Å². The van der Waals surface area contributed by atoms with Crippen LogP contribution in [0, 0.1) is 17.0 Å². The minimum atomic E-state index is -0.343. The summed E-state index contributed by atoms with van der Waals surface area (Å²) < 4.78 is 0. The van der Waals surface area contributed by atoms with Gasteiger partial charge >= 0.3 is 0 Å². The summed E-state index contributed by atoms with van der Waals surface area (Å²) >= 11 is 0. The van der Waals surface area contributed by atoms with E-state index in [1.165, 1.54) is 0 Å². The van der Waals surface area contributed by atoms with Gasteiger partial charge in [0.15, 0.2) is 0 Å². The lowest BCUT2D eigenvalue weighted by Gasteiger charge is -1.87. The molecule has 0 unspecified atom stereocenters. The molecule has 5 nitrogen and oxygen atoms in total. The SMILES string of the molecule is Cc1cc(CC[N+](=O)[O-])n[nH]1. The van der Waals surface area contributed by atoms with Crippen LogP contribution in [0.2, 0.25) is 0 Å². The highest BCUT2D eigenvalue weighted by Crippen LogP contribution is 1.97. The Morgan fingerprint density at radius 2 is 2.55 bits per heavy atom. The fourth-order valence-corrected chi connectivity index (χ4v) is 0.808. The van der Waals surface area contributed by atoms with E-state index < -0.39 is 0 Å². The predicted octanol–water partition coefficient (Wildman–Crippen LogP) is 0.537. The zero-order chi connectivity index (χ0) is 8.27. The Labute approximate surface area is 63.6 Å². The molecule has 0 saturated heterocycles. The summed E-state index contributed by atoms with van der Waals surface area (Å²) in [7, 11) is 0. The minimum Gasteiger partial charge on any atom is -0.283 e. The van der Waals surface area contributed by atoms with Crippen molar-refractivity contribution in [3.8, 4) is 0 Å². The molecular formula is C6H9N3O2. The van der Waals surface area contributed by atoms with Crippen molar-refractivity contribution in [2.75, 3.05) is 6.54 Å². The summed E-state index contributed by atoms with van der Waals surface area (Å²) in [6.07, 6.45) is 0.400. The molecule has 0 saturated carbocycles. The highest BCUT2D eigenvalue weighted by Gasteiger charge is 2.01. The van der Waals surface area contributed by atoms with E-state index in [2.05, 4.69) is 10.2 Å². The molecule has 0 aliphatic heterocycles. The van der Waals surface area contributed by atoms with Crippen LogP contribution in [0.1, 0.15) is 11.4 Å². The molecule has 0 fully saturated rings. The molecule has 0 aliphatic rings. The molecule has 1 aromatic heterocycles. The standard InChI is InChI=1S/C6H9N3O2/c1-5-4-6(8-7-5)2-3-9(10)11/h4H,2-3H2,1H3,(H,7,8). The lowest BCUT2D eigenvalue weighted by atomic mass is 10.3. The lowest BCUT2D eigenvalue weighted by Crippen LogP contribution is -2.03. The lowest BCUT2D eigenvalue weighted by molar-refractivity contribution is -0.479. The average Bonchev–Trinajstić information content (AvgIpc) is 2.31. The van der Waals surface area contributed by atoms with Gasteiger partial charge in [0.2, 0.25) is 6.54 Å². The molecule has 60 valence electrons. The quantitative estimate of drug-likeness (QED) is 0.511. The number of rotatable bonds is 3. The molecule has 1 heterocycles. The highest BCUT2D eigenvalue weighted by molar-refractivity contribution is 5.06. The van der Waals surface area contributed by atoms with E-state index in [0.29, 0.717) is 6.42 Å². The predicted molar refractivity (Wildman–Crippen MR) is 38.9 cm³/mol. The van der Waals surface area contributed by atoms with Gasteiger partial charge in [0.25, 0.3) is 0 Å². The Morgan fingerprint density at radius 1 is 1.82 bits per heavy atom. The summed E-state index contributed by atoms with van der Waals surface area (Å²) in [5.41, 5.74) is 1.68. The third-order valence-electron chi connectivity index (χ3n) is 1.31. The van der Waals surface area contributed by atoms with Crippen LogP contribution in [0.4, 0.5) is 0 Å². The Kier molecular flexibility index (Phi) is 2.20. The van der Waals surface area contributed by atoms with Crippen LogP contribution >= 0.6 is 0 Å². The van der Waals surface area contributed by atoms with Crippen LogP contribution in [-0.2, 0) is 6.42 Å². The second-order valence-electron chi connectivity index (χ2n) is 2.35. The maximum absolute atomic E-state index is 9.95. The first-order valence-corrected chi connectivity index (χ1v) is 3.31. The van der Waals surface area contributed by atoms with Gasteiger partial charge in [-0.2, -0.15) is 5.10 Å². The van der Waals surface area contributed by atoms with Crippen molar-refractivity contribution >= 4 is 0 Å². The van der Waals surface area contributed by atoms with Gasteiger partial charge < -0.3 is 0 Å². The van der Waals surface area contributed by atoms with E-state index in [-0.39, 0.29) is 11.5 Å². The number of hydrogen-bond acceptors (Lipinski definition) is 3. The molecule has 5 heteroatoms. The minimum absolute atomic E-state index is 0.0513. The van der Waals surface area contributed by atoms with Gasteiger partial charge in [-0.1, -0.05) is 0 Å². The van der Waals surface area contributed by atoms with Crippen molar-refractivity contribution in [2.45, 2.75) is 13.3 Å². The summed E-state index contributed by atoms with van der Waals surface area (Å²) in [6.45, 7) is 1.81. The molecule has 11 heavy (non-hydrogen) atoms. The molecule has 0 atom stereocenters. The second-order valence-corrected chi connectivity index (χ2v) is 2.35. The number of aryl methyl sites for hydroxylation is 1.